The van der Waals surface area contributed by atoms with E-state index in [1.807, 2.05) is 0 Å². The molecule has 3 rings (SSSR count). The van der Waals surface area contributed by atoms with Crippen LogP contribution in [-0.2, 0) is 11.8 Å². The van der Waals surface area contributed by atoms with Crippen molar-refractivity contribution in [3.63, 3.8) is 0 Å². The summed E-state index contributed by atoms with van der Waals surface area (Å²) in [4.78, 5) is 48.9. The first-order chi connectivity index (χ1) is 13.4. The number of hydrogen-bond acceptors (Lipinski definition) is 6. The number of benzene rings is 1. The van der Waals surface area contributed by atoms with Crippen LogP contribution in [0.5, 0.6) is 0 Å². The van der Waals surface area contributed by atoms with Crippen LogP contribution in [0.1, 0.15) is 16.1 Å². The van der Waals surface area contributed by atoms with Crippen molar-refractivity contribution in [2.75, 3.05) is 13.1 Å². The topological polar surface area (TPSA) is 101 Å². The van der Waals surface area contributed by atoms with Gasteiger partial charge in [0.25, 0.3) is 22.6 Å². The average Bonchev–Trinajstić information content (AvgIpc) is 2.93. The molecule has 0 spiro atoms. The van der Waals surface area contributed by atoms with E-state index in [9.17, 15) is 23.6 Å². The second-order valence-corrected chi connectivity index (χ2v) is 6.78. The van der Waals surface area contributed by atoms with Gasteiger partial charge >= 0.3 is 0 Å². The fourth-order valence-corrected chi connectivity index (χ4v) is 3.28. The minimum absolute atomic E-state index is 0.00831. The van der Waals surface area contributed by atoms with Gasteiger partial charge in [0.15, 0.2) is 0 Å². The summed E-state index contributed by atoms with van der Waals surface area (Å²) in [6.45, 7) is -0.0366. The van der Waals surface area contributed by atoms with E-state index < -0.39 is 22.9 Å². The molecule has 1 fully saturated rings. The van der Waals surface area contributed by atoms with Gasteiger partial charge in [0, 0.05) is 31.8 Å². The second-order valence-electron chi connectivity index (χ2n) is 5.79. The molecule has 1 aliphatic rings. The van der Waals surface area contributed by atoms with Gasteiger partial charge in [0.2, 0.25) is 0 Å². The van der Waals surface area contributed by atoms with Crippen LogP contribution in [-0.4, -0.2) is 44.8 Å². The molecule has 0 unspecified atom stereocenters. The number of halogens is 1. The van der Waals surface area contributed by atoms with E-state index in [-0.39, 0.29) is 34.8 Å². The molecule has 10 heteroatoms. The molecule has 1 aromatic carbocycles. The van der Waals surface area contributed by atoms with E-state index >= 15 is 0 Å². The molecule has 0 atom stereocenters. The summed E-state index contributed by atoms with van der Waals surface area (Å²) in [7, 11) is 1.42. The lowest BCUT2D eigenvalue weighted by Crippen LogP contribution is -2.38. The zero-order chi connectivity index (χ0) is 20.3. The zero-order valence-electron chi connectivity index (χ0n) is 14.7. The predicted molar refractivity (Wildman–Crippen MR) is 101 cm³/mol. The van der Waals surface area contributed by atoms with Crippen molar-refractivity contribution < 1.29 is 18.8 Å². The van der Waals surface area contributed by atoms with Crippen LogP contribution in [0.15, 0.2) is 46.1 Å². The Hall–Kier alpha value is -3.27. The fraction of sp³-hybridized carbons (Fsp3) is 0.167. The van der Waals surface area contributed by atoms with Gasteiger partial charge in [-0.3, -0.25) is 24.1 Å². The van der Waals surface area contributed by atoms with Crippen LogP contribution in [0.4, 0.5) is 9.18 Å². The quantitative estimate of drug-likeness (QED) is 0.759. The maximum atomic E-state index is 13.7. The average molecular weight is 402 g/mol. The highest BCUT2D eigenvalue weighted by molar-refractivity contribution is 8.18. The van der Waals surface area contributed by atoms with Crippen LogP contribution in [0, 0.1) is 5.82 Å². The van der Waals surface area contributed by atoms with Crippen molar-refractivity contribution in [2.45, 2.75) is 0 Å². The minimum Gasteiger partial charge on any atom is -0.349 e. The molecular weight excluding hydrogens is 387 g/mol. The summed E-state index contributed by atoms with van der Waals surface area (Å²) in [5.41, 5.74) is -0.103. The van der Waals surface area contributed by atoms with Crippen molar-refractivity contribution in [1.82, 2.24) is 20.0 Å². The number of nitrogens with one attached hydrogen (secondary N) is 1. The summed E-state index contributed by atoms with van der Waals surface area (Å²) >= 11 is 0.713. The van der Waals surface area contributed by atoms with E-state index in [1.54, 1.807) is 6.07 Å². The predicted octanol–water partition coefficient (Wildman–Crippen LogP) is 1.39. The molecule has 0 bridgehead atoms. The number of aromatic nitrogens is 2. The highest BCUT2D eigenvalue weighted by atomic mass is 32.2. The lowest BCUT2D eigenvalue weighted by Gasteiger charge is -2.12. The number of imide groups is 1. The van der Waals surface area contributed by atoms with Gasteiger partial charge in [-0.05, 0) is 30.0 Å². The third-order valence-corrected chi connectivity index (χ3v) is 4.79. The standard InChI is InChI=1S/C18H15FN4O4S/c1-22-15(24)7-6-13(21-22)16(25)20-8-9-23-17(26)14(28-18(23)27)10-11-4-2-3-5-12(11)19/h2-7,10H,8-9H2,1H3,(H,20,25)/b14-10-. The fourth-order valence-electron chi connectivity index (χ4n) is 2.42. The number of carbonyl (C=O) groups is 3. The summed E-state index contributed by atoms with van der Waals surface area (Å²) in [5.74, 6) is -1.58. The van der Waals surface area contributed by atoms with Gasteiger partial charge in [0.05, 0.1) is 4.91 Å². The molecule has 0 aliphatic carbocycles. The van der Waals surface area contributed by atoms with Gasteiger partial charge in [-0.25, -0.2) is 9.07 Å². The summed E-state index contributed by atoms with van der Waals surface area (Å²) in [6.07, 6.45) is 1.33. The summed E-state index contributed by atoms with van der Waals surface area (Å²) in [6, 6.07) is 8.42. The van der Waals surface area contributed by atoms with E-state index in [0.717, 1.165) is 9.58 Å². The molecule has 3 amide bonds. The number of amides is 3. The van der Waals surface area contributed by atoms with Crippen molar-refractivity contribution in [2.24, 2.45) is 7.05 Å². The Morgan fingerprint density at radius 1 is 1.21 bits per heavy atom. The highest BCUT2D eigenvalue weighted by Crippen LogP contribution is 2.32. The Morgan fingerprint density at radius 3 is 2.68 bits per heavy atom. The first kappa shape index (κ1) is 19.5. The van der Waals surface area contributed by atoms with E-state index in [2.05, 4.69) is 10.4 Å². The first-order valence-electron chi connectivity index (χ1n) is 8.19. The highest BCUT2D eigenvalue weighted by Gasteiger charge is 2.34. The molecule has 2 aromatic rings. The summed E-state index contributed by atoms with van der Waals surface area (Å²) in [5, 5.41) is 5.85. The minimum atomic E-state index is -0.548. The number of rotatable bonds is 5. The van der Waals surface area contributed by atoms with Crippen molar-refractivity contribution >= 4 is 34.9 Å². The van der Waals surface area contributed by atoms with Crippen LogP contribution in [0.2, 0.25) is 0 Å². The van der Waals surface area contributed by atoms with Crippen LogP contribution >= 0.6 is 11.8 Å². The van der Waals surface area contributed by atoms with Crippen LogP contribution < -0.4 is 10.9 Å². The zero-order valence-corrected chi connectivity index (χ0v) is 15.5. The number of carbonyl (C=O) groups excluding carboxylic acids is 3. The van der Waals surface area contributed by atoms with Crippen LogP contribution in [0.3, 0.4) is 0 Å². The summed E-state index contributed by atoms with van der Waals surface area (Å²) < 4.78 is 14.8. The third kappa shape index (κ3) is 4.17. The molecule has 1 saturated heterocycles. The lowest BCUT2D eigenvalue weighted by molar-refractivity contribution is -0.122. The van der Waals surface area contributed by atoms with Crippen molar-refractivity contribution in [3.8, 4) is 0 Å². The van der Waals surface area contributed by atoms with Crippen molar-refractivity contribution in [1.29, 1.82) is 0 Å². The Kier molecular flexibility index (Phi) is 5.69. The van der Waals surface area contributed by atoms with Gasteiger partial charge in [-0.15, -0.1) is 0 Å². The van der Waals surface area contributed by atoms with Gasteiger partial charge in [-0.1, -0.05) is 18.2 Å². The molecule has 2 heterocycles. The Labute approximate surface area is 163 Å². The molecule has 8 nitrogen and oxygen atoms in total. The number of thioether (sulfide) groups is 1. The molecule has 144 valence electrons. The van der Waals surface area contributed by atoms with E-state index in [4.69, 9.17) is 0 Å². The molecular formula is C18H15FN4O4S. The molecule has 1 aliphatic heterocycles. The largest absolute Gasteiger partial charge is 0.349 e. The number of aryl methyl sites for hydroxylation is 1. The van der Waals surface area contributed by atoms with Gasteiger partial charge in [-0.2, -0.15) is 5.10 Å². The number of hydrogen-bond donors (Lipinski definition) is 1. The molecule has 1 N–H and O–H groups in total. The molecule has 1 aromatic heterocycles. The monoisotopic (exact) mass is 402 g/mol. The lowest BCUT2D eigenvalue weighted by atomic mass is 10.2. The van der Waals surface area contributed by atoms with Gasteiger partial charge < -0.3 is 5.32 Å². The second kappa shape index (κ2) is 8.17. The van der Waals surface area contributed by atoms with E-state index in [0.29, 0.717) is 11.8 Å². The Balaban J connectivity index is 1.62. The Morgan fingerprint density at radius 2 is 1.96 bits per heavy atom. The van der Waals surface area contributed by atoms with E-state index in [1.165, 1.54) is 43.5 Å². The normalized spacial score (nSPS) is 15.4. The molecule has 0 saturated carbocycles. The number of nitrogens with zero attached hydrogens (tertiary/aromatic N) is 3. The molecule has 0 radical (unpaired) electrons. The maximum Gasteiger partial charge on any atom is 0.293 e. The SMILES string of the molecule is Cn1nc(C(=O)NCCN2C(=O)S/C(=C\c3ccccc3F)C2=O)ccc1=O. The first-order valence-corrected chi connectivity index (χ1v) is 9.01. The third-order valence-electron chi connectivity index (χ3n) is 3.88. The van der Waals surface area contributed by atoms with Crippen molar-refractivity contribution in [3.05, 3.63) is 68.7 Å². The smallest absolute Gasteiger partial charge is 0.293 e. The van der Waals surface area contributed by atoms with Crippen LogP contribution in [0.25, 0.3) is 6.08 Å². The Bertz CT molecular complexity index is 1050. The maximum absolute atomic E-state index is 13.7. The van der Waals surface area contributed by atoms with Gasteiger partial charge in [0.1, 0.15) is 11.5 Å². The molecule has 28 heavy (non-hydrogen) atoms.